The van der Waals surface area contributed by atoms with Crippen LogP contribution in [0.5, 0.6) is 5.75 Å². The number of alkyl halides is 3. The van der Waals surface area contributed by atoms with E-state index in [1.165, 1.54) is 12.1 Å². The Morgan fingerprint density at radius 1 is 1.32 bits per heavy atom. The van der Waals surface area contributed by atoms with Crippen LogP contribution in [0.15, 0.2) is 17.7 Å². The quantitative estimate of drug-likeness (QED) is 0.225. The van der Waals surface area contributed by atoms with Gasteiger partial charge in [-0.3, -0.25) is 10.2 Å². The van der Waals surface area contributed by atoms with Gasteiger partial charge in [0.1, 0.15) is 11.8 Å². The highest BCUT2D eigenvalue weighted by Crippen LogP contribution is 2.42. The van der Waals surface area contributed by atoms with Crippen molar-refractivity contribution in [3.8, 4) is 5.75 Å². The van der Waals surface area contributed by atoms with Crippen molar-refractivity contribution < 1.29 is 32.2 Å². The molecule has 0 radical (unpaired) electrons. The minimum atomic E-state index is -4.92. The number of carbonyl (C=O) groups is 2. The van der Waals surface area contributed by atoms with Crippen LogP contribution in [0.1, 0.15) is 31.2 Å². The maximum absolute atomic E-state index is 13.6. The molecule has 1 aromatic rings. The number of nitrogens with two attached hydrogens (primary N) is 1. The summed E-state index contributed by atoms with van der Waals surface area (Å²) in [6.45, 7) is 0. The van der Waals surface area contributed by atoms with Gasteiger partial charge >= 0.3 is 12.1 Å². The molecule has 31 heavy (non-hydrogen) atoms. The number of fused-ring (bicyclic) bond motifs is 1. The molecule has 0 aliphatic carbocycles. The smallest absolute Gasteiger partial charge is 0.429 e. The summed E-state index contributed by atoms with van der Waals surface area (Å²) >= 11 is 11.8. The Morgan fingerprint density at radius 3 is 2.58 bits per heavy atom. The van der Waals surface area contributed by atoms with Crippen molar-refractivity contribution in [3.05, 3.63) is 33.3 Å². The number of methoxy groups -OCH3 is 1. The number of hydrogen-bond donors (Lipinski definition) is 3. The predicted octanol–water partition coefficient (Wildman–Crippen LogP) is 3.85. The molecule has 170 valence electrons. The van der Waals surface area contributed by atoms with E-state index in [-0.39, 0.29) is 40.0 Å². The number of rotatable bonds is 8. The van der Waals surface area contributed by atoms with Gasteiger partial charge in [-0.1, -0.05) is 29.6 Å². The summed E-state index contributed by atoms with van der Waals surface area (Å²) in [7, 11) is 1.10. The van der Waals surface area contributed by atoms with Crippen LogP contribution < -0.4 is 15.8 Å². The first-order valence-electron chi connectivity index (χ1n) is 9.09. The van der Waals surface area contributed by atoms with E-state index in [9.17, 15) is 22.8 Å². The van der Waals surface area contributed by atoms with Crippen molar-refractivity contribution in [2.75, 3.05) is 7.11 Å². The first-order valence-corrected chi connectivity index (χ1v) is 9.85. The normalized spacial score (nSPS) is 16.5. The van der Waals surface area contributed by atoms with E-state index in [4.69, 9.17) is 39.1 Å². The molecule has 4 N–H and O–H groups in total. The third kappa shape index (κ3) is 6.51. The SMILES string of the molecule is COC(=O)[C@H](CCCCC(=N)N)NC(=O)C1=Cc2cc(Cl)cc(Cl)c2OC1C(F)(F)F. The fourth-order valence-electron chi connectivity index (χ4n) is 2.96. The molecule has 1 heterocycles. The van der Waals surface area contributed by atoms with E-state index in [0.717, 1.165) is 13.2 Å². The van der Waals surface area contributed by atoms with Gasteiger partial charge in [0.2, 0.25) is 6.10 Å². The van der Waals surface area contributed by atoms with Crippen LogP contribution in [0, 0.1) is 5.41 Å². The maximum Gasteiger partial charge on any atom is 0.429 e. The predicted molar refractivity (Wildman–Crippen MR) is 109 cm³/mol. The Kier molecular flexibility index (Phi) is 8.19. The Bertz CT molecular complexity index is 906. The molecule has 0 saturated carbocycles. The number of hydrogen-bond acceptors (Lipinski definition) is 5. The van der Waals surface area contributed by atoms with Gasteiger partial charge in [0.15, 0.2) is 0 Å². The number of benzene rings is 1. The Hall–Kier alpha value is -2.46. The van der Waals surface area contributed by atoms with Crippen LogP contribution >= 0.6 is 23.2 Å². The van der Waals surface area contributed by atoms with Crippen LogP contribution in [0.2, 0.25) is 10.0 Å². The molecule has 12 heteroatoms. The van der Waals surface area contributed by atoms with Gasteiger partial charge in [-0.05, 0) is 31.1 Å². The lowest BCUT2D eigenvalue weighted by molar-refractivity contribution is -0.185. The highest BCUT2D eigenvalue weighted by molar-refractivity contribution is 6.36. The summed E-state index contributed by atoms with van der Waals surface area (Å²) in [6.07, 6.45) is -5.32. The van der Waals surface area contributed by atoms with E-state index < -0.39 is 35.8 Å². The van der Waals surface area contributed by atoms with Crippen molar-refractivity contribution in [3.63, 3.8) is 0 Å². The number of nitrogens with one attached hydrogen (secondary N) is 2. The van der Waals surface area contributed by atoms with Gasteiger partial charge in [-0.15, -0.1) is 0 Å². The van der Waals surface area contributed by atoms with Gasteiger partial charge in [-0.2, -0.15) is 13.2 Å². The second-order valence-electron chi connectivity index (χ2n) is 6.77. The molecule has 1 amide bonds. The van der Waals surface area contributed by atoms with Crippen LogP contribution in [0.4, 0.5) is 13.2 Å². The lowest BCUT2D eigenvalue weighted by atomic mass is 9.99. The van der Waals surface area contributed by atoms with E-state index in [0.29, 0.717) is 12.8 Å². The first kappa shape index (κ1) is 24.8. The molecular formula is C19H20Cl2F3N3O4. The van der Waals surface area contributed by atoms with Gasteiger partial charge in [-0.25, -0.2) is 4.79 Å². The molecule has 1 aliphatic heterocycles. The molecular weight excluding hydrogens is 462 g/mol. The second kappa shape index (κ2) is 10.2. The van der Waals surface area contributed by atoms with Gasteiger partial charge in [0.05, 0.1) is 23.5 Å². The molecule has 0 fully saturated rings. The fraction of sp³-hybridized carbons (Fsp3) is 0.421. The average molecular weight is 482 g/mol. The molecule has 1 unspecified atom stereocenters. The Balaban J connectivity index is 2.30. The zero-order valence-electron chi connectivity index (χ0n) is 16.3. The maximum atomic E-state index is 13.6. The minimum absolute atomic E-state index is 0.0350. The number of ether oxygens (including phenoxy) is 2. The summed E-state index contributed by atoms with van der Waals surface area (Å²) in [5.41, 5.74) is 4.61. The Morgan fingerprint density at radius 2 is 2.00 bits per heavy atom. The lowest BCUT2D eigenvalue weighted by Crippen LogP contribution is -2.48. The number of amidine groups is 1. The number of esters is 1. The van der Waals surface area contributed by atoms with Crippen molar-refractivity contribution in [1.82, 2.24) is 5.32 Å². The van der Waals surface area contributed by atoms with Crippen LogP contribution in [0.25, 0.3) is 6.08 Å². The lowest BCUT2D eigenvalue weighted by Gasteiger charge is -2.29. The van der Waals surface area contributed by atoms with Gasteiger partial charge in [0.25, 0.3) is 5.91 Å². The summed E-state index contributed by atoms with van der Waals surface area (Å²) < 4.78 is 50.5. The second-order valence-corrected chi connectivity index (χ2v) is 7.61. The molecule has 1 aromatic carbocycles. The summed E-state index contributed by atoms with van der Waals surface area (Å²) in [5.74, 6) is -2.25. The highest BCUT2D eigenvalue weighted by atomic mass is 35.5. The third-order valence-corrected chi connectivity index (χ3v) is 4.90. The fourth-order valence-corrected chi connectivity index (χ4v) is 3.51. The van der Waals surface area contributed by atoms with Crippen LogP contribution in [-0.2, 0) is 14.3 Å². The number of halogens is 5. The minimum Gasteiger partial charge on any atom is -0.474 e. The van der Waals surface area contributed by atoms with E-state index in [2.05, 4.69) is 10.1 Å². The van der Waals surface area contributed by atoms with E-state index >= 15 is 0 Å². The van der Waals surface area contributed by atoms with Crippen LogP contribution in [0.3, 0.4) is 0 Å². The zero-order valence-corrected chi connectivity index (χ0v) is 17.8. The zero-order chi connectivity index (χ0) is 23.3. The monoisotopic (exact) mass is 481 g/mol. The van der Waals surface area contributed by atoms with E-state index in [1.54, 1.807) is 0 Å². The van der Waals surface area contributed by atoms with Crippen molar-refractivity contribution in [1.29, 1.82) is 5.41 Å². The summed E-state index contributed by atoms with van der Waals surface area (Å²) in [5, 5.41) is 9.47. The molecule has 2 rings (SSSR count). The van der Waals surface area contributed by atoms with Crippen molar-refractivity contribution in [2.24, 2.45) is 5.73 Å². The summed E-state index contributed by atoms with van der Waals surface area (Å²) in [4.78, 5) is 24.7. The molecule has 7 nitrogen and oxygen atoms in total. The van der Waals surface area contributed by atoms with Crippen LogP contribution in [-0.4, -0.2) is 43.1 Å². The number of amides is 1. The topological polar surface area (TPSA) is 115 Å². The molecule has 1 aliphatic rings. The molecule has 0 spiro atoms. The number of unbranched alkanes of at least 4 members (excludes halogenated alkanes) is 1. The Labute approximate surface area is 186 Å². The van der Waals surface area contributed by atoms with Gasteiger partial charge < -0.3 is 20.5 Å². The third-order valence-electron chi connectivity index (χ3n) is 4.41. The average Bonchev–Trinajstić information content (AvgIpc) is 2.67. The van der Waals surface area contributed by atoms with Crippen molar-refractivity contribution >= 4 is 47.0 Å². The molecule has 0 saturated heterocycles. The van der Waals surface area contributed by atoms with E-state index in [1.807, 2.05) is 0 Å². The largest absolute Gasteiger partial charge is 0.474 e. The number of carbonyl (C=O) groups excluding carboxylic acids is 2. The molecule has 2 atom stereocenters. The van der Waals surface area contributed by atoms with Gasteiger partial charge in [0, 0.05) is 17.0 Å². The first-order chi connectivity index (χ1) is 14.4. The molecule has 0 aromatic heterocycles. The van der Waals surface area contributed by atoms with Crippen molar-refractivity contribution in [2.45, 2.75) is 44.0 Å². The standard InChI is InChI=1S/C19H20Cl2F3N3O4/c1-30-18(29)13(4-2-3-5-14(25)26)27-17(28)11-7-9-6-10(20)8-12(21)15(9)31-16(11)19(22,23)24/h6-8,13,16H,2-5H2,1H3,(H3,25,26)(H,27,28)/t13-,16?/m0/s1. The summed E-state index contributed by atoms with van der Waals surface area (Å²) in [6, 6.07) is 1.34. The highest BCUT2D eigenvalue weighted by Gasteiger charge is 2.49. The molecule has 0 bridgehead atoms.